The van der Waals surface area contributed by atoms with Gasteiger partial charge in [-0.25, -0.2) is 0 Å². The number of ether oxygens (including phenoxy) is 1. The fourth-order valence-corrected chi connectivity index (χ4v) is 4.20. The zero-order valence-electron chi connectivity index (χ0n) is 14.9. The molecule has 10 heteroatoms. The highest BCUT2D eigenvalue weighted by Gasteiger charge is 2.18. The van der Waals surface area contributed by atoms with Crippen molar-refractivity contribution in [3.05, 3.63) is 58.6 Å². The summed E-state index contributed by atoms with van der Waals surface area (Å²) in [6.45, 7) is 0. The number of benzene rings is 2. The number of aromatic nitrogens is 6. The van der Waals surface area contributed by atoms with Gasteiger partial charge in [0.2, 0.25) is 4.96 Å². The molecule has 0 radical (unpaired) electrons. The van der Waals surface area contributed by atoms with Gasteiger partial charge in [0.05, 0.1) is 23.5 Å². The first-order valence-electron chi connectivity index (χ1n) is 8.50. The molecule has 0 aliphatic carbocycles. The molecule has 1 N–H and O–H groups in total. The van der Waals surface area contributed by atoms with E-state index in [2.05, 4.69) is 25.5 Å². The van der Waals surface area contributed by atoms with E-state index in [0.29, 0.717) is 26.4 Å². The van der Waals surface area contributed by atoms with Crippen LogP contribution in [-0.2, 0) is 0 Å². The van der Waals surface area contributed by atoms with E-state index in [1.165, 1.54) is 11.3 Å². The van der Waals surface area contributed by atoms with Crippen LogP contribution in [0.5, 0.6) is 5.75 Å². The van der Waals surface area contributed by atoms with Crippen LogP contribution in [0.4, 0.5) is 0 Å². The summed E-state index contributed by atoms with van der Waals surface area (Å²) >= 11 is 13.7. The minimum atomic E-state index is 0.490. The van der Waals surface area contributed by atoms with Crippen molar-refractivity contribution >= 4 is 39.5 Å². The largest absolute Gasteiger partial charge is 0.497 e. The van der Waals surface area contributed by atoms with Crippen LogP contribution in [0.1, 0.15) is 0 Å². The Labute approximate surface area is 178 Å². The normalized spacial score (nSPS) is 11.3. The average Bonchev–Trinajstić information content (AvgIpc) is 3.44. The lowest BCUT2D eigenvalue weighted by Gasteiger charge is -2.00. The van der Waals surface area contributed by atoms with Gasteiger partial charge >= 0.3 is 0 Å². The topological polar surface area (TPSA) is 81.0 Å². The lowest BCUT2D eigenvalue weighted by atomic mass is 10.1. The van der Waals surface area contributed by atoms with Crippen LogP contribution in [-0.4, -0.2) is 37.1 Å². The summed E-state index contributed by atoms with van der Waals surface area (Å²) in [7, 11) is 1.64. The first kappa shape index (κ1) is 18.1. The van der Waals surface area contributed by atoms with Gasteiger partial charge < -0.3 is 4.74 Å². The Bertz CT molecular complexity index is 1320. The Balaban J connectivity index is 1.52. The van der Waals surface area contributed by atoms with Crippen LogP contribution in [0.25, 0.3) is 38.3 Å². The second-order valence-corrected chi connectivity index (χ2v) is 7.94. The van der Waals surface area contributed by atoms with Gasteiger partial charge in [0, 0.05) is 16.1 Å². The summed E-state index contributed by atoms with van der Waals surface area (Å²) in [5, 5.41) is 22.3. The fourth-order valence-electron chi connectivity index (χ4n) is 2.91. The van der Waals surface area contributed by atoms with E-state index < -0.39 is 0 Å². The molecule has 0 amide bonds. The third kappa shape index (κ3) is 3.25. The lowest BCUT2D eigenvalue weighted by molar-refractivity contribution is 0.415. The summed E-state index contributed by atoms with van der Waals surface area (Å²) in [4.78, 5) is 0.654. The highest BCUT2D eigenvalue weighted by Crippen LogP contribution is 2.33. The molecule has 5 aromatic rings. The SMILES string of the molecule is COc1ccc(-c2cc(-c3nn4c(-c5ccc(Cl)cc5Cl)nnc4s3)[nH]n2)cc1. The second-order valence-electron chi connectivity index (χ2n) is 6.14. The van der Waals surface area contributed by atoms with Crippen molar-refractivity contribution < 1.29 is 4.74 Å². The highest BCUT2D eigenvalue weighted by atomic mass is 35.5. The number of nitrogens with zero attached hydrogens (tertiary/aromatic N) is 5. The van der Waals surface area contributed by atoms with Gasteiger partial charge in [0.1, 0.15) is 5.75 Å². The predicted octanol–water partition coefficient (Wildman–Crippen LogP) is 5.23. The molecule has 0 aliphatic heterocycles. The van der Waals surface area contributed by atoms with Gasteiger partial charge in [-0.2, -0.15) is 14.7 Å². The molecule has 0 atom stereocenters. The molecule has 0 spiro atoms. The van der Waals surface area contributed by atoms with Crippen LogP contribution in [0, 0.1) is 0 Å². The predicted molar refractivity (Wildman–Crippen MR) is 114 cm³/mol. The first-order valence-corrected chi connectivity index (χ1v) is 10.1. The number of aromatic amines is 1. The molecule has 5 rings (SSSR count). The molecule has 2 aromatic carbocycles. The monoisotopic (exact) mass is 442 g/mol. The number of fused-ring (bicyclic) bond motifs is 1. The van der Waals surface area contributed by atoms with Gasteiger partial charge in [0.25, 0.3) is 0 Å². The molecule has 0 fully saturated rings. The zero-order valence-corrected chi connectivity index (χ0v) is 17.3. The molecule has 0 aliphatic rings. The number of halogens is 2. The first-order chi connectivity index (χ1) is 14.1. The van der Waals surface area contributed by atoms with Crippen LogP contribution in [0.3, 0.4) is 0 Å². The van der Waals surface area contributed by atoms with Gasteiger partial charge in [-0.1, -0.05) is 34.5 Å². The van der Waals surface area contributed by atoms with Crippen LogP contribution in [0.2, 0.25) is 10.0 Å². The molecule has 0 unspecified atom stereocenters. The Morgan fingerprint density at radius 2 is 1.86 bits per heavy atom. The number of nitrogens with one attached hydrogen (secondary N) is 1. The summed E-state index contributed by atoms with van der Waals surface area (Å²) in [5.41, 5.74) is 3.29. The Morgan fingerprint density at radius 1 is 1.03 bits per heavy atom. The fraction of sp³-hybridized carbons (Fsp3) is 0.0526. The van der Waals surface area contributed by atoms with Gasteiger partial charge in [-0.05, 0) is 48.5 Å². The third-order valence-corrected chi connectivity index (χ3v) is 5.84. The van der Waals surface area contributed by atoms with E-state index in [0.717, 1.165) is 27.7 Å². The molecule has 0 bridgehead atoms. The molecule has 3 aromatic heterocycles. The zero-order chi connectivity index (χ0) is 20.0. The molecular weight excluding hydrogens is 431 g/mol. The molecule has 0 saturated carbocycles. The van der Waals surface area contributed by atoms with E-state index in [1.54, 1.807) is 29.8 Å². The van der Waals surface area contributed by atoms with Crippen molar-refractivity contribution in [2.75, 3.05) is 7.11 Å². The van der Waals surface area contributed by atoms with Crippen molar-refractivity contribution in [2.24, 2.45) is 0 Å². The molecule has 7 nitrogen and oxygen atoms in total. The van der Waals surface area contributed by atoms with Crippen molar-refractivity contribution in [2.45, 2.75) is 0 Å². The maximum absolute atomic E-state index is 6.32. The Kier molecular flexibility index (Phi) is 4.46. The molecule has 3 heterocycles. The summed E-state index contributed by atoms with van der Waals surface area (Å²) in [5.74, 6) is 1.35. The van der Waals surface area contributed by atoms with Crippen molar-refractivity contribution in [1.82, 2.24) is 30.0 Å². The van der Waals surface area contributed by atoms with Crippen LogP contribution in [0.15, 0.2) is 48.5 Å². The molecule has 0 saturated heterocycles. The smallest absolute Gasteiger partial charge is 0.235 e. The Hall–Kier alpha value is -2.94. The van der Waals surface area contributed by atoms with E-state index in [-0.39, 0.29) is 0 Å². The van der Waals surface area contributed by atoms with E-state index in [1.807, 2.05) is 30.3 Å². The van der Waals surface area contributed by atoms with Crippen molar-refractivity contribution in [3.8, 4) is 39.1 Å². The number of rotatable bonds is 4. The standard InChI is InChI=1S/C19H12Cl2N6OS/c1-28-12-5-2-10(3-6-12)15-9-16(23-22-15)18-26-27-17(24-25-19(27)29-18)13-7-4-11(20)8-14(13)21/h2-9H,1H3,(H,22,23). The maximum atomic E-state index is 6.32. The minimum absolute atomic E-state index is 0.490. The molecule has 29 heavy (non-hydrogen) atoms. The number of hydrogen-bond acceptors (Lipinski definition) is 6. The highest BCUT2D eigenvalue weighted by molar-refractivity contribution is 7.19. The summed E-state index contributed by atoms with van der Waals surface area (Å²) in [6, 6.07) is 14.9. The Morgan fingerprint density at radius 3 is 2.62 bits per heavy atom. The van der Waals surface area contributed by atoms with Gasteiger partial charge in [-0.3, -0.25) is 5.10 Å². The lowest BCUT2D eigenvalue weighted by Crippen LogP contribution is -1.92. The van der Waals surface area contributed by atoms with E-state index >= 15 is 0 Å². The van der Waals surface area contributed by atoms with Gasteiger partial charge in [0.15, 0.2) is 10.8 Å². The molecular formula is C19H12Cl2N6OS. The number of hydrogen-bond donors (Lipinski definition) is 1. The van der Waals surface area contributed by atoms with Crippen LogP contribution >= 0.6 is 34.5 Å². The van der Waals surface area contributed by atoms with E-state index in [9.17, 15) is 0 Å². The van der Waals surface area contributed by atoms with Gasteiger partial charge in [-0.15, -0.1) is 10.2 Å². The minimum Gasteiger partial charge on any atom is -0.497 e. The number of H-pyrrole nitrogens is 1. The summed E-state index contributed by atoms with van der Waals surface area (Å²) < 4.78 is 6.87. The van der Waals surface area contributed by atoms with E-state index in [4.69, 9.17) is 27.9 Å². The van der Waals surface area contributed by atoms with Crippen molar-refractivity contribution in [1.29, 1.82) is 0 Å². The molecule has 144 valence electrons. The van der Waals surface area contributed by atoms with Crippen molar-refractivity contribution in [3.63, 3.8) is 0 Å². The van der Waals surface area contributed by atoms with Crippen LogP contribution < -0.4 is 4.74 Å². The second kappa shape index (κ2) is 7.14. The number of methoxy groups -OCH3 is 1. The maximum Gasteiger partial charge on any atom is 0.235 e. The third-order valence-electron chi connectivity index (χ3n) is 4.36. The summed E-state index contributed by atoms with van der Waals surface area (Å²) in [6.07, 6.45) is 0. The average molecular weight is 443 g/mol. The quantitative estimate of drug-likeness (QED) is 0.412.